The molecule has 0 aromatic heterocycles. The Balaban J connectivity index is 1.76. The molecule has 4 heteroatoms. The maximum Gasteiger partial charge on any atom is 0.323 e. The van der Waals surface area contributed by atoms with Crippen LogP contribution < -0.4 is 10.1 Å². The quantitative estimate of drug-likeness (QED) is 0.850. The van der Waals surface area contributed by atoms with Crippen molar-refractivity contribution in [2.45, 2.75) is 50.0 Å². The van der Waals surface area contributed by atoms with Crippen LogP contribution in [0.1, 0.15) is 44.1 Å². The summed E-state index contributed by atoms with van der Waals surface area (Å²) in [6, 6.07) is 8.31. The summed E-state index contributed by atoms with van der Waals surface area (Å²) in [7, 11) is 1.69. The van der Waals surface area contributed by atoms with Gasteiger partial charge in [0.05, 0.1) is 13.7 Å². The highest BCUT2D eigenvalue weighted by atomic mass is 16.5. The standard InChI is InChI=1S/C18H25NO3/c1-21-15-7-5-14(6-8-15)18(10-3-2-4-11-18)13-19-16-9-12-22-17(16)20/h5-8,16,19H,2-4,9-13H2,1H3/t16-/m1/s1. The fraction of sp³-hybridized carbons (Fsp3) is 0.611. The molecule has 1 saturated heterocycles. The summed E-state index contributed by atoms with van der Waals surface area (Å²) in [4.78, 5) is 11.7. The second-order valence-electron chi connectivity index (χ2n) is 6.46. The van der Waals surface area contributed by atoms with E-state index >= 15 is 0 Å². The number of hydrogen-bond acceptors (Lipinski definition) is 4. The van der Waals surface area contributed by atoms with Crippen LogP contribution in [0.2, 0.25) is 0 Å². The third-order valence-electron chi connectivity index (χ3n) is 5.14. The van der Waals surface area contributed by atoms with Gasteiger partial charge in [0.15, 0.2) is 0 Å². The number of benzene rings is 1. The van der Waals surface area contributed by atoms with E-state index in [4.69, 9.17) is 9.47 Å². The molecule has 1 N–H and O–H groups in total. The molecule has 0 bridgehead atoms. The Bertz CT molecular complexity index is 506. The Morgan fingerprint density at radius 3 is 2.55 bits per heavy atom. The van der Waals surface area contributed by atoms with E-state index in [0.29, 0.717) is 6.61 Å². The maximum absolute atomic E-state index is 11.7. The Labute approximate surface area is 132 Å². The summed E-state index contributed by atoms with van der Waals surface area (Å²) in [5.41, 5.74) is 1.49. The summed E-state index contributed by atoms with van der Waals surface area (Å²) >= 11 is 0. The van der Waals surface area contributed by atoms with E-state index in [9.17, 15) is 4.79 Å². The Morgan fingerprint density at radius 2 is 1.95 bits per heavy atom. The van der Waals surface area contributed by atoms with Gasteiger partial charge in [-0.3, -0.25) is 4.79 Å². The lowest BCUT2D eigenvalue weighted by Crippen LogP contribution is -2.45. The Kier molecular flexibility index (Phi) is 4.67. The van der Waals surface area contributed by atoms with Gasteiger partial charge in [-0.05, 0) is 30.5 Å². The van der Waals surface area contributed by atoms with Crippen molar-refractivity contribution in [3.05, 3.63) is 29.8 Å². The molecule has 3 rings (SSSR count). The average molecular weight is 303 g/mol. The molecule has 1 aliphatic heterocycles. The van der Waals surface area contributed by atoms with Crippen LogP contribution in [0.5, 0.6) is 5.75 Å². The molecule has 2 fully saturated rings. The predicted molar refractivity (Wildman–Crippen MR) is 85.1 cm³/mol. The smallest absolute Gasteiger partial charge is 0.323 e. The van der Waals surface area contributed by atoms with Crippen molar-refractivity contribution < 1.29 is 14.3 Å². The summed E-state index contributed by atoms with van der Waals surface area (Å²) in [5.74, 6) is 0.794. The number of nitrogens with one attached hydrogen (secondary N) is 1. The Morgan fingerprint density at radius 1 is 1.23 bits per heavy atom. The van der Waals surface area contributed by atoms with E-state index in [1.54, 1.807) is 7.11 Å². The number of ether oxygens (including phenoxy) is 2. The van der Waals surface area contributed by atoms with Crippen LogP contribution in [0, 0.1) is 0 Å². The minimum Gasteiger partial charge on any atom is -0.497 e. The van der Waals surface area contributed by atoms with Gasteiger partial charge in [0.2, 0.25) is 0 Å². The zero-order valence-electron chi connectivity index (χ0n) is 13.3. The van der Waals surface area contributed by atoms with Crippen LogP contribution in [-0.4, -0.2) is 32.3 Å². The van der Waals surface area contributed by atoms with E-state index in [-0.39, 0.29) is 17.4 Å². The zero-order chi connectivity index (χ0) is 15.4. The second kappa shape index (κ2) is 6.69. The fourth-order valence-corrected chi connectivity index (χ4v) is 3.74. The number of carbonyl (C=O) groups is 1. The van der Waals surface area contributed by atoms with E-state index in [1.807, 2.05) is 12.1 Å². The summed E-state index contributed by atoms with van der Waals surface area (Å²) in [6.07, 6.45) is 6.95. The maximum atomic E-state index is 11.7. The molecule has 0 radical (unpaired) electrons. The lowest BCUT2D eigenvalue weighted by molar-refractivity contribution is -0.139. The lowest BCUT2D eigenvalue weighted by Gasteiger charge is -2.38. The number of cyclic esters (lactones) is 1. The first-order valence-corrected chi connectivity index (χ1v) is 8.28. The fourth-order valence-electron chi connectivity index (χ4n) is 3.74. The van der Waals surface area contributed by atoms with Crippen molar-refractivity contribution in [1.82, 2.24) is 5.32 Å². The molecule has 2 aliphatic rings. The van der Waals surface area contributed by atoms with E-state index in [2.05, 4.69) is 17.4 Å². The van der Waals surface area contributed by atoms with Crippen molar-refractivity contribution in [3.8, 4) is 5.75 Å². The number of methoxy groups -OCH3 is 1. The normalized spacial score (nSPS) is 24.0. The molecule has 1 aromatic rings. The molecule has 0 unspecified atom stereocenters. The van der Waals surface area contributed by atoms with Gasteiger partial charge in [-0.2, -0.15) is 0 Å². The molecule has 1 aliphatic carbocycles. The molecule has 120 valence electrons. The molecular formula is C18H25NO3. The molecule has 1 saturated carbocycles. The molecule has 0 spiro atoms. The second-order valence-corrected chi connectivity index (χ2v) is 6.46. The summed E-state index contributed by atoms with van der Waals surface area (Å²) in [6.45, 7) is 1.39. The van der Waals surface area contributed by atoms with E-state index in [0.717, 1.165) is 18.7 Å². The van der Waals surface area contributed by atoms with Crippen molar-refractivity contribution in [1.29, 1.82) is 0 Å². The molecule has 4 nitrogen and oxygen atoms in total. The number of carbonyl (C=O) groups excluding carboxylic acids is 1. The average Bonchev–Trinajstić information content (AvgIpc) is 2.99. The van der Waals surface area contributed by atoms with Gasteiger partial charge in [-0.25, -0.2) is 0 Å². The summed E-state index contributed by atoms with van der Waals surface area (Å²) in [5, 5.41) is 3.46. The van der Waals surface area contributed by atoms with E-state index in [1.165, 1.54) is 37.7 Å². The van der Waals surface area contributed by atoms with Crippen LogP contribution in [0.15, 0.2) is 24.3 Å². The highest BCUT2D eigenvalue weighted by Crippen LogP contribution is 2.39. The van der Waals surface area contributed by atoms with Crippen molar-refractivity contribution in [2.75, 3.05) is 20.3 Å². The topological polar surface area (TPSA) is 47.6 Å². The first-order valence-electron chi connectivity index (χ1n) is 8.28. The van der Waals surface area contributed by atoms with Gasteiger partial charge < -0.3 is 14.8 Å². The van der Waals surface area contributed by atoms with Gasteiger partial charge in [0, 0.05) is 18.4 Å². The van der Waals surface area contributed by atoms with Gasteiger partial charge in [0.1, 0.15) is 11.8 Å². The van der Waals surface area contributed by atoms with Gasteiger partial charge in [-0.1, -0.05) is 31.4 Å². The lowest BCUT2D eigenvalue weighted by atomic mass is 9.69. The SMILES string of the molecule is COc1ccc(C2(CN[C@@H]3CCOC3=O)CCCCC2)cc1. The van der Waals surface area contributed by atoms with Crippen LogP contribution >= 0.6 is 0 Å². The molecule has 0 amide bonds. The minimum atomic E-state index is -0.128. The van der Waals surface area contributed by atoms with Crippen molar-refractivity contribution in [2.24, 2.45) is 0 Å². The largest absolute Gasteiger partial charge is 0.497 e. The van der Waals surface area contributed by atoms with Crippen LogP contribution in [0.3, 0.4) is 0 Å². The zero-order valence-corrected chi connectivity index (χ0v) is 13.3. The molecule has 1 heterocycles. The summed E-state index contributed by atoms with van der Waals surface area (Å²) < 4.78 is 10.3. The molecule has 1 atom stereocenters. The number of esters is 1. The predicted octanol–water partition coefficient (Wildman–Crippen LogP) is 2.80. The monoisotopic (exact) mass is 303 g/mol. The van der Waals surface area contributed by atoms with Crippen molar-refractivity contribution >= 4 is 5.97 Å². The number of hydrogen-bond donors (Lipinski definition) is 1. The van der Waals surface area contributed by atoms with Gasteiger partial charge in [0.25, 0.3) is 0 Å². The molecule has 22 heavy (non-hydrogen) atoms. The highest BCUT2D eigenvalue weighted by Gasteiger charge is 2.36. The van der Waals surface area contributed by atoms with E-state index < -0.39 is 0 Å². The molecular weight excluding hydrogens is 278 g/mol. The van der Waals surface area contributed by atoms with Crippen molar-refractivity contribution in [3.63, 3.8) is 0 Å². The highest BCUT2D eigenvalue weighted by molar-refractivity contribution is 5.77. The first kappa shape index (κ1) is 15.3. The third-order valence-corrected chi connectivity index (χ3v) is 5.14. The first-order chi connectivity index (χ1) is 10.7. The Hall–Kier alpha value is -1.55. The van der Waals surface area contributed by atoms with Gasteiger partial charge >= 0.3 is 5.97 Å². The minimum absolute atomic E-state index is 0.0966. The molecule has 1 aromatic carbocycles. The number of rotatable bonds is 5. The van der Waals surface area contributed by atoms with Crippen LogP contribution in [0.25, 0.3) is 0 Å². The van der Waals surface area contributed by atoms with Crippen LogP contribution in [-0.2, 0) is 14.9 Å². The third kappa shape index (κ3) is 3.12. The van der Waals surface area contributed by atoms with Gasteiger partial charge in [-0.15, -0.1) is 0 Å². The van der Waals surface area contributed by atoms with Crippen LogP contribution in [0.4, 0.5) is 0 Å².